The van der Waals surface area contributed by atoms with Gasteiger partial charge in [0.05, 0.1) is 5.92 Å². The van der Waals surface area contributed by atoms with Crippen molar-refractivity contribution >= 4 is 12.3 Å². The second kappa shape index (κ2) is 6.84. The zero-order chi connectivity index (χ0) is 18.9. The Morgan fingerprint density at radius 1 is 0.889 bits per heavy atom. The van der Waals surface area contributed by atoms with Crippen LogP contribution in [0.25, 0.3) is 11.1 Å². The highest BCUT2D eigenvalue weighted by atomic mass is 16.5. The normalized spacial score (nSPS) is 14.7. The summed E-state index contributed by atoms with van der Waals surface area (Å²) < 4.78 is 5.68. The molecule has 1 unspecified atom stereocenters. The maximum Gasteiger partial charge on any atom is 0.320 e. The van der Waals surface area contributed by atoms with E-state index in [4.69, 9.17) is 4.74 Å². The molecule has 134 valence electrons. The Morgan fingerprint density at radius 2 is 1.41 bits per heavy atom. The van der Waals surface area contributed by atoms with Crippen LogP contribution in [0.3, 0.4) is 0 Å². The lowest BCUT2D eigenvalue weighted by atomic mass is 9.80. The highest BCUT2D eigenvalue weighted by molar-refractivity contribution is 5.97. The van der Waals surface area contributed by atoms with E-state index in [9.17, 15) is 9.59 Å². The van der Waals surface area contributed by atoms with E-state index in [0.717, 1.165) is 34.1 Å². The number of benzene rings is 3. The van der Waals surface area contributed by atoms with Crippen molar-refractivity contribution in [1.29, 1.82) is 0 Å². The minimum Gasteiger partial charge on any atom is -0.464 e. The number of rotatable bonds is 5. The molecule has 0 saturated carbocycles. The van der Waals surface area contributed by atoms with Crippen molar-refractivity contribution in [2.24, 2.45) is 0 Å². The number of carbonyl (C=O) groups excluding carboxylic acids is 2. The summed E-state index contributed by atoms with van der Waals surface area (Å²) in [7, 11) is 0. The molecular weight excluding hydrogens is 336 g/mol. The van der Waals surface area contributed by atoms with Crippen LogP contribution in [0.1, 0.15) is 29.5 Å². The summed E-state index contributed by atoms with van der Waals surface area (Å²) in [6.07, 6.45) is 0.835. The smallest absolute Gasteiger partial charge is 0.320 e. The Hall–Kier alpha value is -3.20. The van der Waals surface area contributed by atoms with E-state index in [2.05, 4.69) is 0 Å². The molecule has 3 aromatic rings. The van der Waals surface area contributed by atoms with Crippen LogP contribution in [0.4, 0.5) is 0 Å². The molecule has 0 N–H and O–H groups in total. The zero-order valence-electron chi connectivity index (χ0n) is 15.1. The van der Waals surface area contributed by atoms with Gasteiger partial charge in [0.2, 0.25) is 0 Å². The second-order valence-electron chi connectivity index (χ2n) is 6.97. The Kier molecular flexibility index (Phi) is 4.36. The molecule has 1 aliphatic rings. The van der Waals surface area contributed by atoms with Crippen LogP contribution in [0.5, 0.6) is 0 Å². The fourth-order valence-corrected chi connectivity index (χ4v) is 3.90. The summed E-state index contributed by atoms with van der Waals surface area (Å²) in [4.78, 5) is 24.7. The van der Waals surface area contributed by atoms with Gasteiger partial charge in [0, 0.05) is 0 Å². The van der Waals surface area contributed by atoms with Crippen molar-refractivity contribution in [1.82, 2.24) is 0 Å². The Bertz CT molecular complexity index is 946. The van der Waals surface area contributed by atoms with Gasteiger partial charge >= 0.3 is 5.97 Å². The molecule has 0 aliphatic heterocycles. The average molecular weight is 356 g/mol. The van der Waals surface area contributed by atoms with Crippen LogP contribution in [-0.4, -0.2) is 18.9 Å². The minimum absolute atomic E-state index is 0.0340. The standard InChI is InChI=1S/C24H20O3/c1-24(23(26)27-16-18(15-25)17-9-3-2-4-10-17)21-13-7-5-11-19(21)20-12-6-8-14-22(20)24/h2-15,18H,16H2,1H3. The molecule has 3 heteroatoms. The first-order valence-corrected chi connectivity index (χ1v) is 9.03. The Balaban J connectivity index is 1.64. The summed E-state index contributed by atoms with van der Waals surface area (Å²) >= 11 is 0. The topological polar surface area (TPSA) is 43.4 Å². The molecule has 3 nitrogen and oxygen atoms in total. The number of ether oxygens (including phenoxy) is 1. The first-order chi connectivity index (χ1) is 13.2. The molecule has 0 saturated heterocycles. The molecule has 3 aromatic carbocycles. The first kappa shape index (κ1) is 17.2. The molecule has 1 aliphatic carbocycles. The molecule has 27 heavy (non-hydrogen) atoms. The largest absolute Gasteiger partial charge is 0.464 e. The quantitative estimate of drug-likeness (QED) is 0.499. The molecular formula is C24H20O3. The summed E-state index contributed by atoms with van der Waals surface area (Å²) in [6.45, 7) is 1.94. The fourth-order valence-electron chi connectivity index (χ4n) is 3.90. The molecule has 0 spiro atoms. The summed E-state index contributed by atoms with van der Waals surface area (Å²) in [6, 6.07) is 25.2. The zero-order valence-corrected chi connectivity index (χ0v) is 15.1. The molecule has 0 bridgehead atoms. The van der Waals surface area contributed by atoms with Crippen LogP contribution >= 0.6 is 0 Å². The summed E-state index contributed by atoms with van der Waals surface area (Å²) in [5.41, 5.74) is 3.97. The number of carbonyl (C=O) groups is 2. The van der Waals surface area contributed by atoms with Gasteiger partial charge < -0.3 is 9.53 Å². The third-order valence-corrected chi connectivity index (χ3v) is 5.42. The molecule has 0 amide bonds. The van der Waals surface area contributed by atoms with Gasteiger partial charge in [-0.15, -0.1) is 0 Å². The molecule has 1 atom stereocenters. The van der Waals surface area contributed by atoms with E-state index in [1.807, 2.05) is 85.8 Å². The molecule has 4 rings (SSSR count). The highest BCUT2D eigenvalue weighted by Gasteiger charge is 2.46. The maximum absolute atomic E-state index is 13.2. The van der Waals surface area contributed by atoms with Gasteiger partial charge in [0.25, 0.3) is 0 Å². The second-order valence-corrected chi connectivity index (χ2v) is 6.97. The van der Waals surface area contributed by atoms with Gasteiger partial charge in [-0.1, -0.05) is 78.9 Å². The highest BCUT2D eigenvalue weighted by Crippen LogP contribution is 2.49. The number of hydrogen-bond donors (Lipinski definition) is 0. The van der Waals surface area contributed by atoms with Gasteiger partial charge in [-0.2, -0.15) is 0 Å². The van der Waals surface area contributed by atoms with E-state index >= 15 is 0 Å². The van der Waals surface area contributed by atoms with E-state index < -0.39 is 11.3 Å². The molecule has 0 fully saturated rings. The van der Waals surface area contributed by atoms with Crippen LogP contribution < -0.4 is 0 Å². The maximum atomic E-state index is 13.2. The average Bonchev–Trinajstić information content (AvgIpc) is 3.00. The van der Waals surface area contributed by atoms with Gasteiger partial charge in [-0.05, 0) is 34.7 Å². The van der Waals surface area contributed by atoms with Gasteiger partial charge in [0.15, 0.2) is 0 Å². The van der Waals surface area contributed by atoms with Crippen LogP contribution in [0.2, 0.25) is 0 Å². The van der Waals surface area contributed by atoms with Crippen molar-refractivity contribution in [3.8, 4) is 11.1 Å². The minimum atomic E-state index is -0.878. The van der Waals surface area contributed by atoms with Gasteiger partial charge in [-0.25, -0.2) is 0 Å². The number of aldehydes is 1. The first-order valence-electron chi connectivity index (χ1n) is 9.03. The Labute approximate surface area is 158 Å². The van der Waals surface area contributed by atoms with E-state index in [1.165, 1.54) is 0 Å². The van der Waals surface area contributed by atoms with Gasteiger partial charge in [0.1, 0.15) is 18.3 Å². The van der Waals surface area contributed by atoms with Crippen LogP contribution in [0, 0.1) is 0 Å². The lowest BCUT2D eigenvalue weighted by Crippen LogP contribution is -2.34. The molecule has 0 radical (unpaired) electrons. The third kappa shape index (κ3) is 2.76. The number of esters is 1. The van der Waals surface area contributed by atoms with Gasteiger partial charge in [-0.3, -0.25) is 4.79 Å². The molecule has 0 aromatic heterocycles. The predicted octanol–water partition coefficient (Wildman–Crippen LogP) is 4.50. The van der Waals surface area contributed by atoms with Crippen molar-refractivity contribution < 1.29 is 14.3 Å². The lowest BCUT2D eigenvalue weighted by molar-refractivity contribution is -0.149. The molecule has 0 heterocycles. The van der Waals surface area contributed by atoms with Crippen molar-refractivity contribution in [3.63, 3.8) is 0 Å². The monoisotopic (exact) mass is 356 g/mol. The number of hydrogen-bond acceptors (Lipinski definition) is 3. The van der Waals surface area contributed by atoms with Crippen molar-refractivity contribution in [2.75, 3.05) is 6.61 Å². The van der Waals surface area contributed by atoms with Crippen molar-refractivity contribution in [3.05, 3.63) is 95.6 Å². The third-order valence-electron chi connectivity index (χ3n) is 5.42. The van der Waals surface area contributed by atoms with E-state index in [-0.39, 0.29) is 12.6 Å². The SMILES string of the molecule is CC1(C(=O)OCC(C=O)c2ccccc2)c2ccccc2-c2ccccc21. The van der Waals surface area contributed by atoms with Crippen molar-refractivity contribution in [2.45, 2.75) is 18.3 Å². The number of fused-ring (bicyclic) bond motifs is 3. The summed E-state index contributed by atoms with van der Waals surface area (Å²) in [5, 5.41) is 0. The van der Waals surface area contributed by atoms with Crippen LogP contribution in [-0.2, 0) is 19.7 Å². The predicted molar refractivity (Wildman–Crippen MR) is 105 cm³/mol. The fraction of sp³-hybridized carbons (Fsp3) is 0.167. The summed E-state index contributed by atoms with van der Waals surface area (Å²) in [5.74, 6) is -0.798. The van der Waals surface area contributed by atoms with E-state index in [1.54, 1.807) is 0 Å². The Morgan fingerprint density at radius 3 is 1.96 bits per heavy atom. The van der Waals surface area contributed by atoms with Crippen LogP contribution in [0.15, 0.2) is 78.9 Å². The van der Waals surface area contributed by atoms with E-state index in [0.29, 0.717) is 0 Å². The lowest BCUT2D eigenvalue weighted by Gasteiger charge is -2.25.